The fourth-order valence-electron chi connectivity index (χ4n) is 2.22. The van der Waals surface area contributed by atoms with Gasteiger partial charge in [-0.15, -0.1) is 0 Å². The smallest absolute Gasteiger partial charge is 0.308 e. The Bertz CT molecular complexity index is 291. The third-order valence-corrected chi connectivity index (χ3v) is 3.35. The van der Waals surface area contributed by atoms with Crippen molar-refractivity contribution in [1.82, 2.24) is 0 Å². The summed E-state index contributed by atoms with van der Waals surface area (Å²) in [5.74, 6) is 7.93. The Hall–Kier alpha value is -1.14. The van der Waals surface area contributed by atoms with Crippen molar-refractivity contribution in [3.63, 3.8) is 0 Å². The minimum Gasteiger partial charge on any atom is -0.469 e. The first-order valence-electron chi connectivity index (χ1n) is 8.53. The Labute approximate surface area is 155 Å². The molecule has 2 aliphatic rings. The molecule has 0 amide bonds. The summed E-state index contributed by atoms with van der Waals surface area (Å²) >= 11 is 0. The van der Waals surface area contributed by atoms with Gasteiger partial charge in [-0.1, -0.05) is 0 Å². The van der Waals surface area contributed by atoms with Crippen LogP contribution in [0.2, 0.25) is 0 Å². The Morgan fingerprint density at radius 3 is 1.81 bits per heavy atom. The lowest BCUT2D eigenvalue weighted by molar-refractivity contribution is -0.143. The predicted octanol–water partition coefficient (Wildman–Crippen LogP) is -1.20. The molecule has 0 aliphatic carbocycles. The summed E-state index contributed by atoms with van der Waals surface area (Å²) in [5.41, 5.74) is 5.15. The van der Waals surface area contributed by atoms with Crippen LogP contribution in [0, 0.1) is 0 Å². The van der Waals surface area contributed by atoms with Gasteiger partial charge in [0, 0.05) is 26.2 Å². The van der Waals surface area contributed by atoms with Crippen molar-refractivity contribution in [1.29, 1.82) is 0 Å². The molecule has 0 radical (unpaired) electrons. The number of nitrogens with two attached hydrogens (primary N) is 3. The molecule has 2 atom stereocenters. The van der Waals surface area contributed by atoms with Crippen LogP contribution in [-0.4, -0.2) is 68.0 Å². The second-order valence-corrected chi connectivity index (χ2v) is 5.31. The summed E-state index contributed by atoms with van der Waals surface area (Å²) < 4.78 is 15.0. The second-order valence-electron chi connectivity index (χ2n) is 5.31. The van der Waals surface area contributed by atoms with Crippen LogP contribution in [-0.2, 0) is 23.8 Å². The molecule has 0 aromatic carbocycles. The summed E-state index contributed by atoms with van der Waals surface area (Å²) in [6, 6.07) is 0. The molecule has 0 aromatic heterocycles. The molecule has 26 heavy (non-hydrogen) atoms. The first kappa shape index (κ1) is 29.6. The number of carbonyl (C=O) groups is 2. The zero-order valence-corrected chi connectivity index (χ0v) is 15.9. The Morgan fingerprint density at radius 2 is 1.50 bits per heavy atom. The van der Waals surface area contributed by atoms with Crippen LogP contribution in [0.4, 0.5) is 0 Å². The van der Waals surface area contributed by atoms with Crippen LogP contribution in [0.15, 0.2) is 0 Å². The molecule has 2 heterocycles. The summed E-state index contributed by atoms with van der Waals surface area (Å²) in [6.45, 7) is 3.68. The molecule has 2 saturated heterocycles. The molecule has 10 heteroatoms. The van der Waals surface area contributed by atoms with Crippen LogP contribution in [0.5, 0.6) is 0 Å². The summed E-state index contributed by atoms with van der Waals surface area (Å²) in [5, 5.41) is 7.57. The van der Waals surface area contributed by atoms with Gasteiger partial charge in [0.15, 0.2) is 0 Å². The van der Waals surface area contributed by atoms with Gasteiger partial charge in [-0.25, -0.2) is 0 Å². The number of methoxy groups -OCH3 is 1. The Morgan fingerprint density at radius 1 is 1.08 bits per heavy atom. The van der Waals surface area contributed by atoms with E-state index in [4.69, 9.17) is 20.3 Å². The van der Waals surface area contributed by atoms with Crippen molar-refractivity contribution in [2.45, 2.75) is 57.7 Å². The molecule has 2 fully saturated rings. The van der Waals surface area contributed by atoms with Crippen LogP contribution < -0.4 is 17.4 Å². The minimum atomic E-state index is -0.174. The van der Waals surface area contributed by atoms with Crippen molar-refractivity contribution in [3.05, 3.63) is 0 Å². The number of esters is 1. The number of Topliss-reactive ketones (excluding diaryl/α,β-unsaturated/α-hetero) is 1. The average Bonchev–Trinajstić information content (AvgIpc) is 3.32. The van der Waals surface area contributed by atoms with E-state index in [1.807, 2.05) is 0 Å². The van der Waals surface area contributed by atoms with Crippen molar-refractivity contribution >= 4 is 11.8 Å². The van der Waals surface area contributed by atoms with E-state index in [0.717, 1.165) is 38.9 Å². The van der Waals surface area contributed by atoms with E-state index in [-0.39, 0.29) is 42.6 Å². The van der Waals surface area contributed by atoms with Crippen molar-refractivity contribution in [2.75, 3.05) is 33.5 Å². The summed E-state index contributed by atoms with van der Waals surface area (Å²) in [7, 11) is 1.40. The number of aliphatic hydroxyl groups excluding tert-OH is 1. The summed E-state index contributed by atoms with van der Waals surface area (Å²) in [4.78, 5) is 21.4. The lowest BCUT2D eigenvalue weighted by Crippen LogP contribution is -2.19. The Balaban J connectivity index is -0.000000317. The third kappa shape index (κ3) is 17.7. The summed E-state index contributed by atoms with van der Waals surface area (Å²) in [6.07, 6.45) is 5.38. The Kier molecular flexibility index (Phi) is 24.9. The zero-order chi connectivity index (χ0) is 19.5. The number of hydrogen-bond donors (Lipinski definition) is 4. The maximum atomic E-state index is 10.8. The van der Waals surface area contributed by atoms with Crippen molar-refractivity contribution < 1.29 is 34.4 Å². The maximum absolute atomic E-state index is 10.8. The number of hydrazine groups is 1. The molecule has 9 N–H and O–H groups in total. The number of hydrogen-bond acceptors (Lipinski definition) is 9. The molecule has 0 spiro atoms. The number of carbonyl (C=O) groups excluding carboxylic acids is 2. The van der Waals surface area contributed by atoms with Gasteiger partial charge in [0.2, 0.25) is 0 Å². The van der Waals surface area contributed by atoms with E-state index < -0.39 is 0 Å². The average molecular weight is 383 g/mol. The first-order chi connectivity index (χ1) is 12.1. The largest absolute Gasteiger partial charge is 0.469 e. The topological polar surface area (TPSA) is 192 Å². The number of ether oxygens (including phenoxy) is 3. The number of aliphatic hydroxyl groups is 1. The second kappa shape index (κ2) is 21.9. The fraction of sp³-hybridized carbons (Fsp3) is 0.875. The molecule has 2 unspecified atom stereocenters. The number of rotatable bonds is 5. The molecule has 0 bridgehead atoms. The van der Waals surface area contributed by atoms with E-state index >= 15 is 0 Å². The molecule has 10 nitrogen and oxygen atoms in total. The fourth-order valence-corrected chi connectivity index (χ4v) is 2.22. The first-order valence-corrected chi connectivity index (χ1v) is 8.53. The van der Waals surface area contributed by atoms with Crippen LogP contribution in [0.3, 0.4) is 0 Å². The minimum absolute atomic E-state index is 0. The third-order valence-electron chi connectivity index (χ3n) is 3.35. The molecular weight excluding hydrogens is 346 g/mol. The molecule has 0 aromatic rings. The van der Waals surface area contributed by atoms with E-state index in [2.05, 4.69) is 16.4 Å². The van der Waals surface area contributed by atoms with E-state index in [0.29, 0.717) is 12.8 Å². The molecule has 0 saturated carbocycles. The zero-order valence-electron chi connectivity index (χ0n) is 15.9. The highest BCUT2D eigenvalue weighted by molar-refractivity contribution is 5.80. The van der Waals surface area contributed by atoms with E-state index in [9.17, 15) is 9.59 Å². The van der Waals surface area contributed by atoms with Gasteiger partial charge in [0.25, 0.3) is 0 Å². The van der Waals surface area contributed by atoms with Gasteiger partial charge in [0.05, 0.1) is 32.3 Å². The van der Waals surface area contributed by atoms with Gasteiger partial charge in [-0.05, 0) is 32.6 Å². The molecule has 2 aliphatic heterocycles. The monoisotopic (exact) mass is 383 g/mol. The molecular formula is C16H37N3O7. The lowest BCUT2D eigenvalue weighted by atomic mass is 10.1. The van der Waals surface area contributed by atoms with Crippen LogP contribution in [0.25, 0.3) is 0 Å². The van der Waals surface area contributed by atoms with Gasteiger partial charge in [-0.3, -0.25) is 21.3 Å². The molecule has 158 valence electrons. The van der Waals surface area contributed by atoms with E-state index in [1.54, 1.807) is 6.92 Å². The van der Waals surface area contributed by atoms with Crippen LogP contribution in [0.1, 0.15) is 45.4 Å². The highest BCUT2D eigenvalue weighted by Crippen LogP contribution is 2.15. The normalized spacial score (nSPS) is 20.1. The quantitative estimate of drug-likeness (QED) is 0.256. The van der Waals surface area contributed by atoms with Gasteiger partial charge in [-0.2, -0.15) is 0 Å². The lowest BCUT2D eigenvalue weighted by Gasteiger charge is -2.05. The van der Waals surface area contributed by atoms with Crippen molar-refractivity contribution in [2.24, 2.45) is 17.4 Å². The predicted molar refractivity (Wildman–Crippen MR) is 98.0 cm³/mol. The van der Waals surface area contributed by atoms with Gasteiger partial charge >= 0.3 is 5.97 Å². The van der Waals surface area contributed by atoms with Crippen LogP contribution >= 0.6 is 0 Å². The van der Waals surface area contributed by atoms with E-state index in [1.165, 1.54) is 7.11 Å². The van der Waals surface area contributed by atoms with Gasteiger partial charge in [0.1, 0.15) is 5.78 Å². The number of ketones is 1. The van der Waals surface area contributed by atoms with Crippen molar-refractivity contribution in [3.8, 4) is 0 Å². The molecule has 2 rings (SSSR count). The van der Waals surface area contributed by atoms with Gasteiger partial charge < -0.3 is 30.5 Å². The SMILES string of the molecule is CCO.COC(=O)CC1CCCO1.NCC(=O)CC1CCCO1.NN.O. The standard InChI is InChI=1S/C7H13NO2.C7H12O3.C2H6O.H4N2.H2O/c8-5-6(9)4-7-2-1-3-10-7;1-9-7(8)5-6-3-2-4-10-6;1-2-3;1-2;/h7H,1-5,8H2;6H,2-5H2,1H3;3H,2H2,1H3;1-2H2;1H2. The highest BCUT2D eigenvalue weighted by atomic mass is 16.5. The highest BCUT2D eigenvalue weighted by Gasteiger charge is 2.19. The maximum Gasteiger partial charge on any atom is 0.308 e.